The van der Waals surface area contributed by atoms with Gasteiger partial charge < -0.3 is 0 Å². The Hall–Kier alpha value is -1.30. The highest BCUT2D eigenvalue weighted by Crippen LogP contribution is 2.39. The summed E-state index contributed by atoms with van der Waals surface area (Å²) in [5.41, 5.74) is 3.12. The molecule has 1 aromatic carbocycles. The number of hydrogen-bond donors (Lipinski definition) is 0. The Morgan fingerprint density at radius 2 is 0.955 bits per heavy atom. The van der Waals surface area contributed by atoms with Crippen molar-refractivity contribution in [2.45, 2.75) is 63.2 Å². The third-order valence-corrected chi connectivity index (χ3v) is 6.09. The molecule has 0 spiro atoms. The Morgan fingerprint density at radius 1 is 0.636 bits per heavy atom. The molecule has 0 unspecified atom stereocenters. The van der Waals surface area contributed by atoms with Crippen LogP contribution in [0.3, 0.4) is 0 Å². The quantitative estimate of drug-likeness (QED) is 0.520. The van der Waals surface area contributed by atoms with Crippen LogP contribution in [0, 0.1) is 11.8 Å². The maximum atomic E-state index is 3.95. The predicted octanol–water partition coefficient (Wildman–Crippen LogP) is 7.10. The van der Waals surface area contributed by atoms with Crippen LogP contribution in [-0.4, -0.2) is 0 Å². The van der Waals surface area contributed by atoms with Gasteiger partial charge in [0, 0.05) is 2.85 Å². The summed E-state index contributed by atoms with van der Waals surface area (Å²) in [7, 11) is 0. The minimum absolute atomic E-state index is 0. The van der Waals surface area contributed by atoms with E-state index in [1.165, 1.54) is 51.4 Å². The largest absolute Gasteiger partial charge is 0.103 e. The molecule has 0 bridgehead atoms. The second-order valence-corrected chi connectivity index (χ2v) is 7.36. The first-order valence-corrected chi connectivity index (χ1v) is 9.15. The summed E-state index contributed by atoms with van der Waals surface area (Å²) in [5.74, 6) is 3.08. The third-order valence-electron chi connectivity index (χ3n) is 6.09. The molecule has 0 nitrogen and oxygen atoms in total. The van der Waals surface area contributed by atoms with Crippen LogP contribution in [0.4, 0.5) is 0 Å². The standard InChI is InChI=1S/C22H30.2H2/c1-3-17-5-9-19(10-6-17)21-13-15-22(16-14-21)20-11-7-18(4-2)8-12-20;;/h3-4,13-20H,1-2,5-12H2;2*1H. The number of allylic oxidation sites excluding steroid dienone is 2. The molecule has 0 radical (unpaired) electrons. The SMILES string of the molecule is C=CC1CCC(c2ccc(C3CCC(C=C)CC3)cc2)CC1.[HH].[HH]. The molecule has 0 N–H and O–H groups in total. The van der Waals surface area contributed by atoms with Gasteiger partial charge in [0.25, 0.3) is 0 Å². The Kier molecular flexibility index (Phi) is 5.18. The molecule has 2 aliphatic carbocycles. The fourth-order valence-electron chi connectivity index (χ4n) is 4.42. The molecule has 0 heterocycles. The van der Waals surface area contributed by atoms with E-state index in [0.29, 0.717) is 0 Å². The van der Waals surface area contributed by atoms with Gasteiger partial charge in [0.1, 0.15) is 0 Å². The van der Waals surface area contributed by atoms with Crippen molar-refractivity contribution in [1.29, 1.82) is 0 Å². The second kappa shape index (κ2) is 7.31. The molecule has 22 heavy (non-hydrogen) atoms. The van der Waals surface area contributed by atoms with E-state index in [9.17, 15) is 0 Å². The van der Waals surface area contributed by atoms with E-state index >= 15 is 0 Å². The second-order valence-electron chi connectivity index (χ2n) is 7.36. The average Bonchev–Trinajstić information content (AvgIpc) is 2.62. The van der Waals surface area contributed by atoms with Gasteiger partial charge in [-0.25, -0.2) is 0 Å². The lowest BCUT2D eigenvalue weighted by atomic mass is 9.76. The highest BCUT2D eigenvalue weighted by Gasteiger charge is 2.22. The summed E-state index contributed by atoms with van der Waals surface area (Å²) in [4.78, 5) is 0. The summed E-state index contributed by atoms with van der Waals surface area (Å²) in [6.07, 6.45) is 14.9. The topological polar surface area (TPSA) is 0 Å². The first kappa shape index (κ1) is 15.6. The fourth-order valence-corrected chi connectivity index (χ4v) is 4.42. The predicted molar refractivity (Wildman–Crippen MR) is 100 cm³/mol. The van der Waals surface area contributed by atoms with Gasteiger partial charge in [-0.3, -0.25) is 0 Å². The lowest BCUT2D eigenvalue weighted by Gasteiger charge is -2.29. The van der Waals surface area contributed by atoms with Crippen molar-refractivity contribution < 1.29 is 2.85 Å². The number of benzene rings is 1. The fraction of sp³-hybridized carbons (Fsp3) is 0.545. The molecule has 2 fully saturated rings. The van der Waals surface area contributed by atoms with Crippen molar-refractivity contribution >= 4 is 0 Å². The molecule has 0 aliphatic heterocycles. The molecule has 0 atom stereocenters. The summed E-state index contributed by atoms with van der Waals surface area (Å²) in [5, 5.41) is 0. The summed E-state index contributed by atoms with van der Waals surface area (Å²) in [6, 6.07) is 9.64. The lowest BCUT2D eigenvalue weighted by molar-refractivity contribution is 0.373. The maximum Gasteiger partial charge on any atom is 0 e. The molecule has 122 valence electrons. The minimum Gasteiger partial charge on any atom is -0.103 e. The monoisotopic (exact) mass is 298 g/mol. The van der Waals surface area contributed by atoms with Crippen LogP contribution in [0.5, 0.6) is 0 Å². The van der Waals surface area contributed by atoms with E-state index in [1.54, 1.807) is 11.1 Å². The molecular weight excluding hydrogens is 264 g/mol. The molecule has 0 amide bonds. The van der Waals surface area contributed by atoms with E-state index in [2.05, 4.69) is 49.6 Å². The third kappa shape index (κ3) is 3.54. The first-order valence-electron chi connectivity index (χ1n) is 9.15. The van der Waals surface area contributed by atoms with Gasteiger partial charge in [-0.15, -0.1) is 13.2 Å². The molecule has 2 aliphatic rings. The van der Waals surface area contributed by atoms with Gasteiger partial charge in [-0.05, 0) is 86.2 Å². The van der Waals surface area contributed by atoms with E-state index < -0.39 is 0 Å². The van der Waals surface area contributed by atoms with Gasteiger partial charge in [0.05, 0.1) is 0 Å². The van der Waals surface area contributed by atoms with E-state index in [1.807, 2.05) is 0 Å². The van der Waals surface area contributed by atoms with E-state index in [-0.39, 0.29) is 2.85 Å². The minimum atomic E-state index is 0. The highest BCUT2D eigenvalue weighted by molar-refractivity contribution is 5.28. The van der Waals surface area contributed by atoms with Crippen LogP contribution >= 0.6 is 0 Å². The van der Waals surface area contributed by atoms with Gasteiger partial charge in [-0.2, -0.15) is 0 Å². The Bertz CT molecular complexity index is 442. The molecule has 0 saturated heterocycles. The summed E-state index contributed by atoms with van der Waals surface area (Å²) >= 11 is 0. The Balaban J connectivity index is 0.00000144. The molecule has 3 rings (SSSR count). The van der Waals surface area contributed by atoms with Crippen LogP contribution in [0.2, 0.25) is 0 Å². The smallest absolute Gasteiger partial charge is 0 e. The molecular formula is C22H34. The zero-order valence-electron chi connectivity index (χ0n) is 13.8. The van der Waals surface area contributed by atoms with Crippen LogP contribution in [0.1, 0.15) is 77.2 Å². The van der Waals surface area contributed by atoms with Crippen LogP contribution < -0.4 is 0 Å². The van der Waals surface area contributed by atoms with Crippen molar-refractivity contribution in [3.8, 4) is 0 Å². The van der Waals surface area contributed by atoms with Crippen molar-refractivity contribution in [3.05, 3.63) is 60.7 Å². The highest BCUT2D eigenvalue weighted by atomic mass is 14.3. The van der Waals surface area contributed by atoms with Crippen LogP contribution in [-0.2, 0) is 0 Å². The maximum absolute atomic E-state index is 3.95. The van der Waals surface area contributed by atoms with Gasteiger partial charge in [0.15, 0.2) is 0 Å². The lowest BCUT2D eigenvalue weighted by Crippen LogP contribution is -2.13. The zero-order chi connectivity index (χ0) is 15.4. The van der Waals surface area contributed by atoms with Crippen LogP contribution in [0.25, 0.3) is 0 Å². The van der Waals surface area contributed by atoms with E-state index in [0.717, 1.165) is 23.7 Å². The molecule has 0 heteroatoms. The Labute approximate surface area is 139 Å². The van der Waals surface area contributed by atoms with Crippen LogP contribution in [0.15, 0.2) is 49.6 Å². The molecule has 2 saturated carbocycles. The zero-order valence-corrected chi connectivity index (χ0v) is 13.8. The van der Waals surface area contributed by atoms with Crippen molar-refractivity contribution in [3.63, 3.8) is 0 Å². The first-order chi connectivity index (χ1) is 10.8. The van der Waals surface area contributed by atoms with E-state index in [4.69, 9.17) is 0 Å². The molecule has 1 aromatic rings. The van der Waals surface area contributed by atoms with Crippen molar-refractivity contribution in [2.24, 2.45) is 11.8 Å². The normalized spacial score (nSPS) is 32.4. The summed E-state index contributed by atoms with van der Waals surface area (Å²) < 4.78 is 0. The van der Waals surface area contributed by atoms with Gasteiger partial charge in [-0.1, -0.05) is 36.4 Å². The van der Waals surface area contributed by atoms with Crippen molar-refractivity contribution in [2.75, 3.05) is 0 Å². The number of hydrogen-bond acceptors (Lipinski definition) is 0. The molecule has 0 aromatic heterocycles. The average molecular weight is 299 g/mol. The summed E-state index contributed by atoms with van der Waals surface area (Å²) in [6.45, 7) is 7.90. The van der Waals surface area contributed by atoms with Crippen molar-refractivity contribution in [1.82, 2.24) is 0 Å². The van der Waals surface area contributed by atoms with Gasteiger partial charge in [0.2, 0.25) is 0 Å². The Morgan fingerprint density at radius 3 is 1.23 bits per heavy atom. The number of rotatable bonds is 4. The van der Waals surface area contributed by atoms with Gasteiger partial charge >= 0.3 is 0 Å².